The number of hydrogen-bond acceptors (Lipinski definition) is 4. The molecular formula is C16H14Cl2N2O3. The molecule has 2 rings (SSSR count). The van der Waals surface area contributed by atoms with Crippen LogP contribution < -0.4 is 14.9 Å². The number of nitrogens with one attached hydrogen (secondary N) is 1. The van der Waals surface area contributed by atoms with Gasteiger partial charge in [-0.15, -0.1) is 0 Å². The number of methoxy groups -OCH3 is 1. The number of hydrazone groups is 1. The van der Waals surface area contributed by atoms with E-state index in [1.54, 1.807) is 37.4 Å². The first-order valence-electron chi connectivity index (χ1n) is 6.63. The lowest BCUT2D eigenvalue weighted by Gasteiger charge is -2.07. The topological polar surface area (TPSA) is 59.9 Å². The first-order valence-corrected chi connectivity index (χ1v) is 7.38. The van der Waals surface area contributed by atoms with Gasteiger partial charge in [-0.3, -0.25) is 4.79 Å². The Morgan fingerprint density at radius 1 is 1.22 bits per heavy atom. The second-order valence-corrected chi connectivity index (χ2v) is 5.19. The summed E-state index contributed by atoms with van der Waals surface area (Å²) in [6.45, 7) is -0.222. The van der Waals surface area contributed by atoms with Crippen LogP contribution in [0.5, 0.6) is 11.5 Å². The van der Waals surface area contributed by atoms with E-state index in [1.165, 1.54) is 6.21 Å². The minimum Gasteiger partial charge on any atom is -0.497 e. The third kappa shape index (κ3) is 5.16. The second-order valence-electron chi connectivity index (χ2n) is 4.41. The molecule has 0 aromatic heterocycles. The van der Waals surface area contributed by atoms with Crippen molar-refractivity contribution >= 4 is 35.3 Å². The van der Waals surface area contributed by atoms with Crippen LogP contribution in [0.15, 0.2) is 47.6 Å². The summed E-state index contributed by atoms with van der Waals surface area (Å²) in [4.78, 5) is 11.7. The number of amides is 1. The lowest BCUT2D eigenvalue weighted by atomic mass is 10.2. The average Bonchev–Trinajstić information content (AvgIpc) is 2.57. The van der Waals surface area contributed by atoms with Gasteiger partial charge in [0.2, 0.25) is 0 Å². The highest BCUT2D eigenvalue weighted by Crippen LogP contribution is 2.31. The summed E-state index contributed by atoms with van der Waals surface area (Å²) in [5.74, 6) is 0.678. The maximum Gasteiger partial charge on any atom is 0.277 e. The minimum atomic E-state index is -0.411. The lowest BCUT2D eigenvalue weighted by Crippen LogP contribution is -2.24. The molecule has 0 saturated heterocycles. The number of ether oxygens (including phenoxy) is 2. The van der Waals surface area contributed by atoms with Crippen molar-refractivity contribution in [1.82, 2.24) is 5.43 Å². The molecule has 5 nitrogen and oxygen atoms in total. The molecule has 1 N–H and O–H groups in total. The Balaban J connectivity index is 1.82. The van der Waals surface area contributed by atoms with Gasteiger partial charge in [-0.1, -0.05) is 29.3 Å². The van der Waals surface area contributed by atoms with E-state index in [-0.39, 0.29) is 11.6 Å². The highest BCUT2D eigenvalue weighted by atomic mass is 35.5. The summed E-state index contributed by atoms with van der Waals surface area (Å²) in [7, 11) is 1.59. The summed E-state index contributed by atoms with van der Waals surface area (Å²) in [6.07, 6.45) is 1.52. The molecule has 0 bridgehead atoms. The van der Waals surface area contributed by atoms with Crippen LogP contribution in [0.3, 0.4) is 0 Å². The number of halogens is 2. The van der Waals surface area contributed by atoms with Crippen LogP contribution >= 0.6 is 23.2 Å². The predicted octanol–water partition coefficient (Wildman–Crippen LogP) is 3.53. The zero-order valence-corrected chi connectivity index (χ0v) is 13.8. The molecule has 7 heteroatoms. The van der Waals surface area contributed by atoms with Gasteiger partial charge < -0.3 is 9.47 Å². The molecule has 0 aliphatic rings. The Morgan fingerprint density at radius 3 is 2.65 bits per heavy atom. The van der Waals surface area contributed by atoms with E-state index >= 15 is 0 Å². The third-order valence-electron chi connectivity index (χ3n) is 2.79. The van der Waals surface area contributed by atoms with E-state index < -0.39 is 5.91 Å². The Labute approximate surface area is 143 Å². The Kier molecular flexibility index (Phi) is 6.26. The zero-order valence-electron chi connectivity index (χ0n) is 12.3. The fourth-order valence-electron chi connectivity index (χ4n) is 1.64. The Bertz CT molecular complexity index is 703. The molecule has 1 amide bonds. The Morgan fingerprint density at radius 2 is 1.96 bits per heavy atom. The molecule has 0 heterocycles. The van der Waals surface area contributed by atoms with E-state index in [0.717, 1.165) is 11.3 Å². The number of carbonyl (C=O) groups is 1. The van der Waals surface area contributed by atoms with E-state index in [0.29, 0.717) is 10.8 Å². The van der Waals surface area contributed by atoms with E-state index in [2.05, 4.69) is 10.5 Å². The van der Waals surface area contributed by atoms with Gasteiger partial charge in [-0.25, -0.2) is 5.43 Å². The fraction of sp³-hybridized carbons (Fsp3) is 0.125. The minimum absolute atomic E-state index is 0.222. The van der Waals surface area contributed by atoms with Crippen molar-refractivity contribution in [2.75, 3.05) is 13.7 Å². The molecule has 0 spiro atoms. The van der Waals surface area contributed by atoms with Gasteiger partial charge in [0.05, 0.1) is 18.3 Å². The number of carbonyl (C=O) groups excluding carboxylic acids is 1. The van der Waals surface area contributed by atoms with E-state index in [1.807, 2.05) is 12.1 Å². The van der Waals surface area contributed by atoms with Crippen LogP contribution in [0.25, 0.3) is 0 Å². The molecule has 2 aromatic rings. The summed E-state index contributed by atoms with van der Waals surface area (Å²) < 4.78 is 10.3. The number of benzene rings is 2. The van der Waals surface area contributed by atoms with Crippen molar-refractivity contribution in [2.45, 2.75) is 0 Å². The van der Waals surface area contributed by atoms with Crippen molar-refractivity contribution in [1.29, 1.82) is 0 Å². The molecule has 120 valence electrons. The van der Waals surface area contributed by atoms with Gasteiger partial charge in [-0.05, 0) is 42.0 Å². The first kappa shape index (κ1) is 17.1. The van der Waals surface area contributed by atoms with Crippen LogP contribution in [0.2, 0.25) is 10.0 Å². The molecule has 0 fully saturated rings. The second kappa shape index (κ2) is 8.41. The summed E-state index contributed by atoms with van der Waals surface area (Å²) >= 11 is 11.8. The van der Waals surface area contributed by atoms with Crippen LogP contribution in [-0.2, 0) is 4.79 Å². The average molecular weight is 353 g/mol. The SMILES string of the molecule is COc1ccc(/C=N\NC(=O)COc2cccc(Cl)c2Cl)cc1. The molecule has 0 atom stereocenters. The fourth-order valence-corrected chi connectivity index (χ4v) is 1.99. The standard InChI is InChI=1S/C16H14Cl2N2O3/c1-22-12-7-5-11(6-8-12)9-19-20-15(21)10-23-14-4-2-3-13(17)16(14)18/h2-9H,10H2,1H3,(H,20,21)/b19-9-. The number of rotatable bonds is 6. The van der Waals surface area contributed by atoms with Crippen LogP contribution in [0.4, 0.5) is 0 Å². The van der Waals surface area contributed by atoms with Crippen molar-refractivity contribution < 1.29 is 14.3 Å². The van der Waals surface area contributed by atoms with Gasteiger partial charge in [0.1, 0.15) is 16.5 Å². The van der Waals surface area contributed by atoms with Crippen molar-refractivity contribution in [3.8, 4) is 11.5 Å². The van der Waals surface area contributed by atoms with E-state index in [9.17, 15) is 4.79 Å². The van der Waals surface area contributed by atoms with Crippen molar-refractivity contribution in [3.05, 3.63) is 58.1 Å². The van der Waals surface area contributed by atoms with Gasteiger partial charge >= 0.3 is 0 Å². The molecule has 0 aliphatic heterocycles. The smallest absolute Gasteiger partial charge is 0.277 e. The maximum absolute atomic E-state index is 11.7. The molecule has 0 unspecified atom stereocenters. The van der Waals surface area contributed by atoms with Crippen molar-refractivity contribution in [3.63, 3.8) is 0 Å². The molecule has 0 saturated carbocycles. The molecular weight excluding hydrogens is 339 g/mol. The number of hydrogen-bond donors (Lipinski definition) is 1. The lowest BCUT2D eigenvalue weighted by molar-refractivity contribution is -0.123. The summed E-state index contributed by atoms with van der Waals surface area (Å²) in [6, 6.07) is 12.2. The Hall–Kier alpha value is -2.24. The maximum atomic E-state index is 11.7. The highest BCUT2D eigenvalue weighted by molar-refractivity contribution is 6.42. The molecule has 2 aromatic carbocycles. The van der Waals surface area contributed by atoms with Crippen LogP contribution in [-0.4, -0.2) is 25.8 Å². The van der Waals surface area contributed by atoms with Gasteiger partial charge in [0.15, 0.2) is 6.61 Å². The monoisotopic (exact) mass is 352 g/mol. The van der Waals surface area contributed by atoms with Crippen LogP contribution in [0, 0.1) is 0 Å². The summed E-state index contributed by atoms with van der Waals surface area (Å²) in [5.41, 5.74) is 3.19. The number of nitrogens with zero attached hydrogens (tertiary/aromatic N) is 1. The molecule has 23 heavy (non-hydrogen) atoms. The van der Waals surface area contributed by atoms with Gasteiger partial charge in [0, 0.05) is 0 Å². The largest absolute Gasteiger partial charge is 0.497 e. The summed E-state index contributed by atoms with van der Waals surface area (Å²) in [5, 5.41) is 4.48. The molecule has 0 radical (unpaired) electrons. The quantitative estimate of drug-likeness (QED) is 0.638. The predicted molar refractivity (Wildman–Crippen MR) is 90.7 cm³/mol. The normalized spacial score (nSPS) is 10.6. The van der Waals surface area contributed by atoms with Crippen molar-refractivity contribution in [2.24, 2.45) is 5.10 Å². The van der Waals surface area contributed by atoms with E-state index in [4.69, 9.17) is 32.7 Å². The van der Waals surface area contributed by atoms with Gasteiger partial charge in [-0.2, -0.15) is 5.10 Å². The first-order chi connectivity index (χ1) is 11.1. The zero-order chi connectivity index (χ0) is 16.7. The third-order valence-corrected chi connectivity index (χ3v) is 3.60. The van der Waals surface area contributed by atoms with Gasteiger partial charge in [0.25, 0.3) is 5.91 Å². The van der Waals surface area contributed by atoms with Crippen LogP contribution in [0.1, 0.15) is 5.56 Å². The highest BCUT2D eigenvalue weighted by Gasteiger charge is 2.07. The molecule has 0 aliphatic carbocycles.